The summed E-state index contributed by atoms with van der Waals surface area (Å²) in [6.45, 7) is 2.11. The molecule has 0 radical (unpaired) electrons. The van der Waals surface area contributed by atoms with Gasteiger partial charge < -0.3 is 5.73 Å². The fourth-order valence-corrected chi connectivity index (χ4v) is 0.986. The van der Waals surface area contributed by atoms with Crippen molar-refractivity contribution in [2.75, 3.05) is 0 Å². The number of hydrogen-bond acceptors (Lipinski definition) is 1. The average molecular weight is 111 g/mol. The Labute approximate surface area is 50.6 Å². The Morgan fingerprint density at radius 2 is 2.25 bits per heavy atom. The van der Waals surface area contributed by atoms with Gasteiger partial charge in [0.2, 0.25) is 0 Å². The maximum atomic E-state index is 5.83. The van der Waals surface area contributed by atoms with Gasteiger partial charge in [0.15, 0.2) is 0 Å². The van der Waals surface area contributed by atoms with Crippen LogP contribution in [0.4, 0.5) is 0 Å². The Hall–Kier alpha value is -0.300. The number of hydrogen-bond donors (Lipinski definition) is 1. The SMILES string of the molecule is CC1(N)CC=CCC1. The van der Waals surface area contributed by atoms with Crippen LogP contribution in [-0.4, -0.2) is 5.54 Å². The molecule has 1 rings (SSSR count). The third kappa shape index (κ3) is 1.34. The maximum Gasteiger partial charge on any atom is 0.0163 e. The van der Waals surface area contributed by atoms with Gasteiger partial charge in [-0.2, -0.15) is 0 Å². The van der Waals surface area contributed by atoms with Gasteiger partial charge in [-0.25, -0.2) is 0 Å². The monoisotopic (exact) mass is 111 g/mol. The van der Waals surface area contributed by atoms with Gasteiger partial charge >= 0.3 is 0 Å². The van der Waals surface area contributed by atoms with Crippen LogP contribution in [0.15, 0.2) is 12.2 Å². The summed E-state index contributed by atoms with van der Waals surface area (Å²) >= 11 is 0. The van der Waals surface area contributed by atoms with Crippen LogP contribution in [0.3, 0.4) is 0 Å². The number of rotatable bonds is 0. The van der Waals surface area contributed by atoms with E-state index in [1.807, 2.05) is 0 Å². The lowest BCUT2D eigenvalue weighted by Crippen LogP contribution is -2.36. The van der Waals surface area contributed by atoms with E-state index in [0.29, 0.717) is 0 Å². The maximum absolute atomic E-state index is 5.83. The molecule has 8 heavy (non-hydrogen) atoms. The molecule has 0 aromatic carbocycles. The van der Waals surface area contributed by atoms with Gasteiger partial charge in [-0.1, -0.05) is 12.2 Å². The minimum atomic E-state index is 0.0920. The molecule has 1 unspecified atom stereocenters. The molecule has 0 fully saturated rings. The fourth-order valence-electron chi connectivity index (χ4n) is 0.986. The lowest BCUT2D eigenvalue weighted by atomic mass is 9.89. The largest absolute Gasteiger partial charge is 0.325 e. The molecule has 2 N–H and O–H groups in total. The van der Waals surface area contributed by atoms with Crippen LogP contribution in [0.2, 0.25) is 0 Å². The molecule has 0 saturated heterocycles. The summed E-state index contributed by atoms with van der Waals surface area (Å²) in [5, 5.41) is 0. The zero-order chi connectivity index (χ0) is 6.04. The predicted octanol–water partition coefficient (Wildman–Crippen LogP) is 1.44. The highest BCUT2D eigenvalue weighted by molar-refractivity contribution is 4.98. The second kappa shape index (κ2) is 1.90. The topological polar surface area (TPSA) is 26.0 Å². The third-order valence-corrected chi connectivity index (χ3v) is 1.63. The van der Waals surface area contributed by atoms with E-state index in [2.05, 4.69) is 19.1 Å². The molecule has 1 atom stereocenters. The van der Waals surface area contributed by atoms with E-state index in [0.717, 1.165) is 19.3 Å². The molecule has 0 saturated carbocycles. The van der Waals surface area contributed by atoms with Crippen LogP contribution < -0.4 is 5.73 Å². The average Bonchev–Trinajstić information content (AvgIpc) is 1.65. The number of nitrogens with two attached hydrogens (primary N) is 1. The molecular formula is C7H13N. The molecule has 0 aromatic heterocycles. The molecule has 0 aliphatic heterocycles. The van der Waals surface area contributed by atoms with E-state index < -0.39 is 0 Å². The van der Waals surface area contributed by atoms with Crippen LogP contribution in [-0.2, 0) is 0 Å². The summed E-state index contributed by atoms with van der Waals surface area (Å²) in [7, 11) is 0. The predicted molar refractivity (Wildman–Crippen MR) is 35.6 cm³/mol. The van der Waals surface area contributed by atoms with E-state index in [4.69, 9.17) is 5.73 Å². The molecule has 1 heteroatoms. The minimum Gasteiger partial charge on any atom is -0.325 e. The molecule has 0 amide bonds. The summed E-state index contributed by atoms with van der Waals surface area (Å²) in [6.07, 6.45) is 7.72. The van der Waals surface area contributed by atoms with E-state index in [1.54, 1.807) is 0 Å². The van der Waals surface area contributed by atoms with Gasteiger partial charge in [-0.15, -0.1) is 0 Å². The zero-order valence-electron chi connectivity index (χ0n) is 5.35. The first-order chi connectivity index (χ1) is 3.71. The van der Waals surface area contributed by atoms with Crippen LogP contribution in [0.1, 0.15) is 26.2 Å². The van der Waals surface area contributed by atoms with Crippen LogP contribution in [0.25, 0.3) is 0 Å². The van der Waals surface area contributed by atoms with Gasteiger partial charge in [0.05, 0.1) is 0 Å². The zero-order valence-corrected chi connectivity index (χ0v) is 5.35. The van der Waals surface area contributed by atoms with Gasteiger partial charge in [0, 0.05) is 5.54 Å². The molecule has 0 bridgehead atoms. The van der Waals surface area contributed by atoms with E-state index >= 15 is 0 Å². The summed E-state index contributed by atoms with van der Waals surface area (Å²) in [4.78, 5) is 0. The summed E-state index contributed by atoms with van der Waals surface area (Å²) in [5.74, 6) is 0. The third-order valence-electron chi connectivity index (χ3n) is 1.63. The quantitative estimate of drug-likeness (QED) is 0.470. The standard InChI is InChI=1S/C7H13N/c1-7(8)5-3-2-4-6-7/h2-3H,4-6,8H2,1H3. The van der Waals surface area contributed by atoms with Crippen LogP contribution in [0, 0.1) is 0 Å². The summed E-state index contributed by atoms with van der Waals surface area (Å²) < 4.78 is 0. The molecular weight excluding hydrogens is 98.1 g/mol. The first-order valence-electron chi connectivity index (χ1n) is 3.15. The molecule has 0 spiro atoms. The second-order valence-corrected chi connectivity index (χ2v) is 2.87. The van der Waals surface area contributed by atoms with Crippen molar-refractivity contribution >= 4 is 0 Å². The molecule has 46 valence electrons. The van der Waals surface area contributed by atoms with Gasteiger partial charge in [0.1, 0.15) is 0 Å². The lowest BCUT2D eigenvalue weighted by molar-refractivity contribution is 0.427. The lowest BCUT2D eigenvalue weighted by Gasteiger charge is -2.24. The molecule has 0 aromatic rings. The van der Waals surface area contributed by atoms with Crippen LogP contribution in [0.5, 0.6) is 0 Å². The molecule has 0 heterocycles. The minimum absolute atomic E-state index is 0.0920. The number of allylic oxidation sites excluding steroid dienone is 1. The van der Waals surface area contributed by atoms with Gasteiger partial charge in [0.25, 0.3) is 0 Å². The molecule has 1 aliphatic carbocycles. The van der Waals surface area contributed by atoms with Crippen molar-refractivity contribution in [1.82, 2.24) is 0 Å². The van der Waals surface area contributed by atoms with Gasteiger partial charge in [-0.3, -0.25) is 0 Å². The van der Waals surface area contributed by atoms with E-state index in [-0.39, 0.29) is 5.54 Å². The van der Waals surface area contributed by atoms with Gasteiger partial charge in [-0.05, 0) is 26.2 Å². The Bertz CT molecular complexity index is 103. The first-order valence-corrected chi connectivity index (χ1v) is 3.15. The molecule has 1 aliphatic rings. The van der Waals surface area contributed by atoms with Crippen molar-refractivity contribution in [1.29, 1.82) is 0 Å². The van der Waals surface area contributed by atoms with Crippen molar-refractivity contribution in [2.45, 2.75) is 31.7 Å². The van der Waals surface area contributed by atoms with Crippen molar-refractivity contribution in [2.24, 2.45) is 5.73 Å². The van der Waals surface area contributed by atoms with Crippen molar-refractivity contribution in [3.63, 3.8) is 0 Å². The van der Waals surface area contributed by atoms with Crippen molar-refractivity contribution in [3.05, 3.63) is 12.2 Å². The smallest absolute Gasteiger partial charge is 0.0163 e. The van der Waals surface area contributed by atoms with Crippen LogP contribution >= 0.6 is 0 Å². The highest BCUT2D eigenvalue weighted by Gasteiger charge is 2.17. The summed E-state index contributed by atoms with van der Waals surface area (Å²) in [6, 6.07) is 0. The second-order valence-electron chi connectivity index (χ2n) is 2.87. The van der Waals surface area contributed by atoms with Crippen molar-refractivity contribution < 1.29 is 0 Å². The van der Waals surface area contributed by atoms with E-state index in [1.165, 1.54) is 0 Å². The highest BCUT2D eigenvalue weighted by atomic mass is 14.7. The summed E-state index contributed by atoms with van der Waals surface area (Å²) in [5.41, 5.74) is 5.92. The molecule has 1 nitrogen and oxygen atoms in total. The normalized spacial score (nSPS) is 37.8. The Morgan fingerprint density at radius 1 is 1.50 bits per heavy atom. The Morgan fingerprint density at radius 3 is 2.50 bits per heavy atom. The van der Waals surface area contributed by atoms with Crippen molar-refractivity contribution in [3.8, 4) is 0 Å². The van der Waals surface area contributed by atoms with E-state index in [9.17, 15) is 0 Å². The first kappa shape index (κ1) is 5.83. The Kier molecular flexibility index (Phi) is 1.39. The Balaban J connectivity index is 2.50. The highest BCUT2D eigenvalue weighted by Crippen LogP contribution is 2.18. The fraction of sp³-hybridized carbons (Fsp3) is 0.714.